The monoisotopic (exact) mass is 375 g/mol. The topological polar surface area (TPSA) is 92.5 Å². The van der Waals surface area contributed by atoms with Crippen LogP contribution in [0.3, 0.4) is 0 Å². The van der Waals surface area contributed by atoms with Gasteiger partial charge in [-0.05, 0) is 38.7 Å². The van der Waals surface area contributed by atoms with Crippen molar-refractivity contribution in [2.24, 2.45) is 4.99 Å². The first-order chi connectivity index (χ1) is 12.5. The van der Waals surface area contributed by atoms with Crippen LogP contribution in [0.1, 0.15) is 34.0 Å². The van der Waals surface area contributed by atoms with Crippen LogP contribution in [0.15, 0.2) is 29.3 Å². The Morgan fingerprint density at radius 3 is 2.54 bits per heavy atom. The van der Waals surface area contributed by atoms with Gasteiger partial charge in [0.1, 0.15) is 5.01 Å². The summed E-state index contributed by atoms with van der Waals surface area (Å²) in [4.78, 5) is 20.2. The number of unbranched alkanes of at least 4 members (excludes halogenated alkanes) is 1. The molecule has 1 aromatic heterocycles. The zero-order valence-electron chi connectivity index (χ0n) is 15.4. The lowest BCUT2D eigenvalue weighted by Crippen LogP contribution is -2.37. The number of nitrogens with one attached hydrogen (secondary N) is 2. The maximum atomic E-state index is 10.6. The molecule has 2 N–H and O–H groups in total. The zero-order chi connectivity index (χ0) is 18.9. The Hall–Kier alpha value is -2.48. The van der Waals surface area contributed by atoms with Gasteiger partial charge in [-0.1, -0.05) is 12.1 Å². The molecular weight excluding hydrogens is 350 g/mol. The molecule has 0 radical (unpaired) electrons. The highest BCUT2D eigenvalue weighted by molar-refractivity contribution is 7.11. The highest BCUT2D eigenvalue weighted by Crippen LogP contribution is 2.16. The first-order valence-electron chi connectivity index (χ1n) is 8.60. The minimum Gasteiger partial charge on any atom is -0.356 e. The molecule has 0 spiro atoms. The average molecular weight is 375 g/mol. The van der Waals surface area contributed by atoms with Crippen molar-refractivity contribution < 1.29 is 4.92 Å². The van der Waals surface area contributed by atoms with Crippen LogP contribution in [-0.2, 0) is 13.0 Å². The molecule has 7 nitrogen and oxygen atoms in total. The smallest absolute Gasteiger partial charge is 0.269 e. The summed E-state index contributed by atoms with van der Waals surface area (Å²) in [6.07, 6.45) is 2.91. The summed E-state index contributed by atoms with van der Waals surface area (Å²) in [5.74, 6) is 0.769. The number of non-ortho nitro benzene ring substituents is 1. The summed E-state index contributed by atoms with van der Waals surface area (Å²) in [6, 6.07) is 6.76. The van der Waals surface area contributed by atoms with Gasteiger partial charge >= 0.3 is 0 Å². The van der Waals surface area contributed by atoms with Crippen LogP contribution < -0.4 is 10.6 Å². The highest BCUT2D eigenvalue weighted by Gasteiger charge is 2.05. The van der Waals surface area contributed by atoms with Crippen LogP contribution in [0.4, 0.5) is 5.69 Å². The first kappa shape index (κ1) is 19.8. The van der Waals surface area contributed by atoms with Gasteiger partial charge in [0.25, 0.3) is 5.69 Å². The fourth-order valence-corrected chi connectivity index (χ4v) is 3.31. The lowest BCUT2D eigenvalue weighted by molar-refractivity contribution is -0.384. The second-order valence-corrected chi connectivity index (χ2v) is 7.27. The Morgan fingerprint density at radius 1 is 1.23 bits per heavy atom. The van der Waals surface area contributed by atoms with Gasteiger partial charge in [0.2, 0.25) is 0 Å². The molecule has 2 aromatic rings. The van der Waals surface area contributed by atoms with Gasteiger partial charge in [-0.3, -0.25) is 15.1 Å². The second-order valence-electron chi connectivity index (χ2n) is 5.98. The zero-order valence-corrected chi connectivity index (χ0v) is 16.2. The number of thiazole rings is 1. The van der Waals surface area contributed by atoms with Crippen LogP contribution in [0.25, 0.3) is 0 Å². The van der Waals surface area contributed by atoms with E-state index in [-0.39, 0.29) is 10.6 Å². The maximum Gasteiger partial charge on any atom is 0.269 e. The van der Waals surface area contributed by atoms with Crippen LogP contribution in [0, 0.1) is 24.0 Å². The highest BCUT2D eigenvalue weighted by atomic mass is 32.1. The molecule has 0 bridgehead atoms. The van der Waals surface area contributed by atoms with Crippen LogP contribution in [0.2, 0.25) is 0 Å². The van der Waals surface area contributed by atoms with E-state index in [1.54, 1.807) is 30.5 Å². The molecule has 0 unspecified atom stereocenters. The van der Waals surface area contributed by atoms with Crippen molar-refractivity contribution in [3.63, 3.8) is 0 Å². The lowest BCUT2D eigenvalue weighted by atomic mass is 10.1. The van der Waals surface area contributed by atoms with Gasteiger partial charge < -0.3 is 10.6 Å². The van der Waals surface area contributed by atoms with E-state index in [2.05, 4.69) is 27.5 Å². The molecule has 0 aliphatic heterocycles. The number of benzene rings is 1. The number of guanidine groups is 1. The standard InChI is InChI=1S/C18H25N5O2S/c1-13-14(2)26-17(22-13)12-21-18(19-3)20-11-5-4-6-15-7-9-16(10-8-15)23(24)25/h7-10H,4-6,11-12H2,1-3H3,(H2,19,20,21). The summed E-state index contributed by atoms with van der Waals surface area (Å²) in [5, 5.41) is 18.3. The number of nitrogens with zero attached hydrogens (tertiary/aromatic N) is 3. The van der Waals surface area contributed by atoms with Gasteiger partial charge in [0.05, 0.1) is 17.2 Å². The number of aliphatic imine (C=N–C) groups is 1. The third-order valence-electron chi connectivity index (χ3n) is 4.04. The SMILES string of the molecule is CN=C(NCCCCc1ccc([N+](=O)[O-])cc1)NCc1nc(C)c(C)s1. The molecule has 0 saturated heterocycles. The van der Waals surface area contributed by atoms with Gasteiger partial charge in [0, 0.05) is 30.6 Å². The molecule has 0 aliphatic carbocycles. The van der Waals surface area contributed by atoms with E-state index >= 15 is 0 Å². The van der Waals surface area contributed by atoms with Gasteiger partial charge in [-0.2, -0.15) is 0 Å². The van der Waals surface area contributed by atoms with E-state index in [1.807, 2.05) is 19.1 Å². The van der Waals surface area contributed by atoms with E-state index in [4.69, 9.17) is 0 Å². The minimum absolute atomic E-state index is 0.135. The van der Waals surface area contributed by atoms with Gasteiger partial charge in [-0.25, -0.2) is 4.98 Å². The Bertz CT molecular complexity index is 736. The van der Waals surface area contributed by atoms with Crippen molar-refractivity contribution in [2.75, 3.05) is 13.6 Å². The van der Waals surface area contributed by atoms with Crippen LogP contribution >= 0.6 is 11.3 Å². The van der Waals surface area contributed by atoms with Crippen molar-refractivity contribution >= 4 is 23.0 Å². The predicted molar refractivity (Wildman–Crippen MR) is 106 cm³/mol. The molecular formula is C18H25N5O2S. The molecule has 2 rings (SSSR count). The third-order valence-corrected chi connectivity index (χ3v) is 5.11. The summed E-state index contributed by atoms with van der Waals surface area (Å²) in [7, 11) is 1.75. The van der Waals surface area contributed by atoms with Crippen molar-refractivity contribution in [1.82, 2.24) is 15.6 Å². The maximum absolute atomic E-state index is 10.6. The molecule has 1 aromatic carbocycles. The van der Waals surface area contributed by atoms with E-state index in [0.29, 0.717) is 6.54 Å². The normalized spacial score (nSPS) is 11.4. The van der Waals surface area contributed by atoms with E-state index in [9.17, 15) is 10.1 Å². The molecule has 8 heteroatoms. The number of hydrogen-bond donors (Lipinski definition) is 2. The molecule has 0 amide bonds. The summed E-state index contributed by atoms with van der Waals surface area (Å²) >= 11 is 1.70. The Balaban J connectivity index is 1.65. The van der Waals surface area contributed by atoms with Crippen molar-refractivity contribution in [1.29, 1.82) is 0 Å². The quantitative estimate of drug-likeness (QED) is 0.243. The number of nitro benzene ring substituents is 1. The molecule has 26 heavy (non-hydrogen) atoms. The fourth-order valence-electron chi connectivity index (χ4n) is 2.44. The summed E-state index contributed by atoms with van der Waals surface area (Å²) in [5.41, 5.74) is 2.34. The minimum atomic E-state index is -0.374. The number of rotatable bonds is 8. The lowest BCUT2D eigenvalue weighted by Gasteiger charge is -2.10. The summed E-state index contributed by atoms with van der Waals surface area (Å²) < 4.78 is 0. The van der Waals surface area contributed by atoms with E-state index in [1.165, 1.54) is 4.88 Å². The molecule has 0 aliphatic rings. The summed E-state index contributed by atoms with van der Waals surface area (Å²) in [6.45, 7) is 5.59. The first-order valence-corrected chi connectivity index (χ1v) is 9.42. The number of aromatic nitrogens is 1. The number of hydrogen-bond acceptors (Lipinski definition) is 5. The average Bonchev–Trinajstić information content (AvgIpc) is 2.95. The Kier molecular flexibility index (Phi) is 7.53. The predicted octanol–water partition coefficient (Wildman–Crippen LogP) is 3.36. The fraction of sp³-hybridized carbons (Fsp3) is 0.444. The van der Waals surface area contributed by atoms with Gasteiger partial charge in [0.15, 0.2) is 5.96 Å². The second kappa shape index (κ2) is 9.86. The largest absolute Gasteiger partial charge is 0.356 e. The molecule has 140 valence electrons. The van der Waals surface area contributed by atoms with E-state index < -0.39 is 0 Å². The van der Waals surface area contributed by atoms with Crippen molar-refractivity contribution in [2.45, 2.75) is 39.7 Å². The molecule has 0 atom stereocenters. The number of aryl methyl sites for hydroxylation is 3. The van der Waals surface area contributed by atoms with Crippen molar-refractivity contribution in [3.8, 4) is 0 Å². The van der Waals surface area contributed by atoms with E-state index in [0.717, 1.165) is 48.0 Å². The van der Waals surface area contributed by atoms with Crippen molar-refractivity contribution in [3.05, 3.63) is 55.5 Å². The Labute approximate surface area is 157 Å². The Morgan fingerprint density at radius 2 is 1.96 bits per heavy atom. The molecule has 1 heterocycles. The van der Waals surface area contributed by atoms with Crippen LogP contribution in [0.5, 0.6) is 0 Å². The van der Waals surface area contributed by atoms with Gasteiger partial charge in [-0.15, -0.1) is 11.3 Å². The third kappa shape index (κ3) is 6.11. The van der Waals surface area contributed by atoms with Crippen LogP contribution in [-0.4, -0.2) is 29.5 Å². The number of nitro groups is 1. The molecule has 0 saturated carbocycles. The molecule has 0 fully saturated rings.